The molecule has 2 aromatic carbocycles. The molecule has 0 spiro atoms. The van der Waals surface area contributed by atoms with Crippen molar-refractivity contribution in [2.45, 2.75) is 6.61 Å². The molecule has 0 saturated carbocycles. The van der Waals surface area contributed by atoms with Gasteiger partial charge in [-0.1, -0.05) is 12.1 Å². The number of methoxy groups -OCH3 is 2. The summed E-state index contributed by atoms with van der Waals surface area (Å²) in [7, 11) is 2.85. The van der Waals surface area contributed by atoms with Crippen LogP contribution in [0.3, 0.4) is 0 Å². The Bertz CT molecular complexity index is 688. The van der Waals surface area contributed by atoms with Crippen molar-refractivity contribution in [1.29, 1.82) is 0 Å². The van der Waals surface area contributed by atoms with Crippen LogP contribution < -0.4 is 19.9 Å². The van der Waals surface area contributed by atoms with E-state index in [0.717, 1.165) is 0 Å². The maximum absolute atomic E-state index is 13.6. The van der Waals surface area contributed by atoms with Crippen LogP contribution >= 0.6 is 0 Å². The third-order valence-corrected chi connectivity index (χ3v) is 3.06. The van der Waals surface area contributed by atoms with E-state index >= 15 is 0 Å². The van der Waals surface area contributed by atoms with E-state index in [9.17, 15) is 9.18 Å². The van der Waals surface area contributed by atoms with Crippen LogP contribution in [-0.4, -0.2) is 20.1 Å². The van der Waals surface area contributed by atoms with Gasteiger partial charge in [-0.2, -0.15) is 0 Å². The van der Waals surface area contributed by atoms with Crippen molar-refractivity contribution in [3.8, 4) is 17.2 Å². The highest BCUT2D eigenvalue weighted by Crippen LogP contribution is 2.31. The highest BCUT2D eigenvalue weighted by molar-refractivity contribution is 5.96. The Labute approximate surface area is 127 Å². The van der Waals surface area contributed by atoms with Crippen molar-refractivity contribution in [1.82, 2.24) is 0 Å². The molecule has 2 rings (SSSR count). The van der Waals surface area contributed by atoms with E-state index in [1.54, 1.807) is 18.2 Å². The maximum atomic E-state index is 13.6. The van der Waals surface area contributed by atoms with Gasteiger partial charge >= 0.3 is 0 Å². The van der Waals surface area contributed by atoms with Gasteiger partial charge in [-0.25, -0.2) is 4.39 Å². The number of amides is 1. The molecule has 0 saturated heterocycles. The molecule has 0 atom stereocenters. The van der Waals surface area contributed by atoms with Gasteiger partial charge in [-0.15, -0.1) is 0 Å². The van der Waals surface area contributed by atoms with Gasteiger partial charge < -0.3 is 19.9 Å². The molecule has 0 bridgehead atoms. The molecule has 0 aliphatic rings. The van der Waals surface area contributed by atoms with E-state index in [-0.39, 0.29) is 23.7 Å². The summed E-state index contributed by atoms with van der Waals surface area (Å²) in [6, 6.07) is 9.30. The third kappa shape index (κ3) is 3.28. The molecule has 2 aromatic rings. The Morgan fingerprint density at radius 2 is 1.86 bits per heavy atom. The largest absolute Gasteiger partial charge is 0.494 e. The lowest BCUT2D eigenvalue weighted by Gasteiger charge is -2.14. The van der Waals surface area contributed by atoms with Gasteiger partial charge in [0.05, 0.1) is 19.8 Å². The number of rotatable bonds is 6. The fourth-order valence-corrected chi connectivity index (χ4v) is 1.97. The summed E-state index contributed by atoms with van der Waals surface area (Å²) in [4.78, 5) is 11.4. The predicted molar refractivity (Wildman–Crippen MR) is 78.8 cm³/mol. The van der Waals surface area contributed by atoms with Gasteiger partial charge in [0, 0.05) is 0 Å². The van der Waals surface area contributed by atoms with Crippen LogP contribution in [0.2, 0.25) is 0 Å². The molecule has 22 heavy (non-hydrogen) atoms. The average Bonchev–Trinajstić information content (AvgIpc) is 2.52. The molecule has 5 nitrogen and oxygen atoms in total. The fourth-order valence-electron chi connectivity index (χ4n) is 1.97. The molecule has 0 unspecified atom stereocenters. The number of hydrogen-bond donors (Lipinski definition) is 1. The number of primary amides is 1. The van der Waals surface area contributed by atoms with Gasteiger partial charge in [0.25, 0.3) is 5.91 Å². The second-order valence-corrected chi connectivity index (χ2v) is 4.46. The van der Waals surface area contributed by atoms with Gasteiger partial charge in [-0.05, 0) is 29.8 Å². The summed E-state index contributed by atoms with van der Waals surface area (Å²) in [5.41, 5.74) is 6.10. The third-order valence-electron chi connectivity index (χ3n) is 3.06. The number of hydrogen-bond acceptors (Lipinski definition) is 4. The number of carbonyl (C=O) groups is 1. The van der Waals surface area contributed by atoms with Crippen LogP contribution in [0.4, 0.5) is 4.39 Å². The fraction of sp³-hybridized carbons (Fsp3) is 0.188. The number of nitrogens with two attached hydrogens (primary N) is 1. The Hall–Kier alpha value is -2.76. The minimum Gasteiger partial charge on any atom is -0.494 e. The van der Waals surface area contributed by atoms with E-state index in [4.69, 9.17) is 19.9 Å². The second-order valence-electron chi connectivity index (χ2n) is 4.46. The molecule has 2 N–H and O–H groups in total. The number of para-hydroxylation sites is 1. The first-order valence-electron chi connectivity index (χ1n) is 6.48. The van der Waals surface area contributed by atoms with E-state index in [2.05, 4.69) is 0 Å². The molecule has 0 radical (unpaired) electrons. The standard InChI is InChI=1S/C16H16FNO4/c1-20-13-7-6-10(8-12(13)17)9-22-15-11(16(18)19)4-3-5-14(15)21-2/h3-8H,9H2,1-2H3,(H2,18,19). The van der Waals surface area contributed by atoms with E-state index in [1.807, 2.05) is 0 Å². The zero-order valence-corrected chi connectivity index (χ0v) is 12.3. The first-order chi connectivity index (χ1) is 10.6. The van der Waals surface area contributed by atoms with Crippen LogP contribution in [0, 0.1) is 5.82 Å². The summed E-state index contributed by atoms with van der Waals surface area (Å²) >= 11 is 0. The SMILES string of the molecule is COc1ccc(COc2c(OC)cccc2C(N)=O)cc1F. The highest BCUT2D eigenvalue weighted by Gasteiger charge is 2.15. The molecule has 0 aliphatic carbocycles. The Morgan fingerprint density at radius 3 is 2.45 bits per heavy atom. The number of ether oxygens (including phenoxy) is 3. The molecule has 116 valence electrons. The van der Waals surface area contributed by atoms with Crippen LogP contribution in [0.1, 0.15) is 15.9 Å². The smallest absolute Gasteiger partial charge is 0.252 e. The van der Waals surface area contributed by atoms with Crippen molar-refractivity contribution >= 4 is 5.91 Å². The molecule has 0 aliphatic heterocycles. The Balaban J connectivity index is 2.24. The molecule has 0 heterocycles. The summed E-state index contributed by atoms with van der Waals surface area (Å²) < 4.78 is 29.3. The molecule has 0 fully saturated rings. The van der Waals surface area contributed by atoms with Gasteiger partial charge in [0.1, 0.15) is 6.61 Å². The summed E-state index contributed by atoms with van der Waals surface area (Å²) in [6.45, 7) is 0.0571. The van der Waals surface area contributed by atoms with Crippen molar-refractivity contribution in [3.05, 3.63) is 53.3 Å². The lowest BCUT2D eigenvalue weighted by molar-refractivity contribution is 0.0995. The van der Waals surface area contributed by atoms with Crippen LogP contribution in [0.15, 0.2) is 36.4 Å². The first kappa shape index (κ1) is 15.6. The minimum absolute atomic E-state index is 0.0571. The van der Waals surface area contributed by atoms with Crippen molar-refractivity contribution in [2.24, 2.45) is 5.73 Å². The quantitative estimate of drug-likeness (QED) is 0.890. The summed E-state index contributed by atoms with van der Waals surface area (Å²) in [6.07, 6.45) is 0. The van der Waals surface area contributed by atoms with Crippen LogP contribution in [-0.2, 0) is 6.61 Å². The van der Waals surface area contributed by atoms with Crippen molar-refractivity contribution in [2.75, 3.05) is 14.2 Å². The molecule has 0 aromatic heterocycles. The highest BCUT2D eigenvalue weighted by atomic mass is 19.1. The molecule has 1 amide bonds. The lowest BCUT2D eigenvalue weighted by atomic mass is 10.1. The van der Waals surface area contributed by atoms with Gasteiger partial charge in [0.15, 0.2) is 23.1 Å². The van der Waals surface area contributed by atoms with E-state index in [1.165, 1.54) is 32.4 Å². The normalized spacial score (nSPS) is 10.1. The number of halogens is 1. The number of benzene rings is 2. The summed E-state index contributed by atoms with van der Waals surface area (Å²) in [5, 5.41) is 0. The Kier molecular flexibility index (Phi) is 4.83. The lowest BCUT2D eigenvalue weighted by Crippen LogP contribution is -2.13. The molecular weight excluding hydrogens is 289 g/mol. The maximum Gasteiger partial charge on any atom is 0.252 e. The van der Waals surface area contributed by atoms with E-state index in [0.29, 0.717) is 11.3 Å². The topological polar surface area (TPSA) is 70.8 Å². The Morgan fingerprint density at radius 1 is 1.14 bits per heavy atom. The average molecular weight is 305 g/mol. The zero-order chi connectivity index (χ0) is 16.1. The van der Waals surface area contributed by atoms with E-state index < -0.39 is 11.7 Å². The second kappa shape index (κ2) is 6.80. The van der Waals surface area contributed by atoms with Crippen molar-refractivity contribution in [3.63, 3.8) is 0 Å². The predicted octanol–water partition coefficient (Wildman–Crippen LogP) is 2.52. The van der Waals surface area contributed by atoms with Crippen LogP contribution in [0.5, 0.6) is 17.2 Å². The van der Waals surface area contributed by atoms with Gasteiger partial charge in [-0.3, -0.25) is 4.79 Å². The zero-order valence-electron chi connectivity index (χ0n) is 12.3. The molecule has 6 heteroatoms. The number of carbonyl (C=O) groups excluding carboxylic acids is 1. The minimum atomic E-state index is -0.630. The molecular formula is C16H16FNO4. The van der Waals surface area contributed by atoms with Gasteiger partial charge in [0.2, 0.25) is 0 Å². The van der Waals surface area contributed by atoms with Crippen LogP contribution in [0.25, 0.3) is 0 Å². The monoisotopic (exact) mass is 305 g/mol. The first-order valence-corrected chi connectivity index (χ1v) is 6.48. The summed E-state index contributed by atoms with van der Waals surface area (Å²) in [5.74, 6) is -0.355. The van der Waals surface area contributed by atoms with Crippen molar-refractivity contribution < 1.29 is 23.4 Å².